The first kappa shape index (κ1) is 10.4. The molecule has 0 aromatic heterocycles. The van der Waals surface area contributed by atoms with Gasteiger partial charge in [-0.1, -0.05) is 6.07 Å². The lowest BCUT2D eigenvalue weighted by Gasteiger charge is -2.17. The quantitative estimate of drug-likeness (QED) is 0.812. The van der Waals surface area contributed by atoms with Crippen LogP contribution in [0.25, 0.3) is 0 Å². The lowest BCUT2D eigenvalue weighted by molar-refractivity contribution is 0.0602. The Hall–Kier alpha value is -1.09. The first-order valence-corrected chi connectivity index (χ1v) is 5.27. The van der Waals surface area contributed by atoms with E-state index in [2.05, 4.69) is 0 Å². The molecule has 0 radical (unpaired) electrons. The highest BCUT2D eigenvalue weighted by Gasteiger charge is 2.26. The van der Waals surface area contributed by atoms with Gasteiger partial charge in [-0.15, -0.1) is 0 Å². The molecule has 0 aliphatic heterocycles. The molecule has 0 saturated heterocycles. The maximum atomic E-state index is 13.2. The van der Waals surface area contributed by atoms with Crippen molar-refractivity contribution in [2.75, 3.05) is 0 Å². The fourth-order valence-corrected chi connectivity index (χ4v) is 1.87. The van der Waals surface area contributed by atoms with Crippen LogP contribution in [0.4, 0.5) is 4.39 Å². The van der Waals surface area contributed by atoms with Crippen LogP contribution in [0.5, 0.6) is 5.75 Å². The fourth-order valence-electron chi connectivity index (χ4n) is 1.87. The van der Waals surface area contributed by atoms with Gasteiger partial charge in [0.15, 0.2) is 0 Å². The third-order valence-corrected chi connectivity index (χ3v) is 2.85. The zero-order valence-electron chi connectivity index (χ0n) is 8.74. The van der Waals surface area contributed by atoms with Crippen LogP contribution in [0, 0.1) is 12.7 Å². The normalized spacial score (nSPS) is 25.5. The van der Waals surface area contributed by atoms with Gasteiger partial charge >= 0.3 is 0 Å². The summed E-state index contributed by atoms with van der Waals surface area (Å²) < 4.78 is 18.7. The van der Waals surface area contributed by atoms with Crippen molar-refractivity contribution in [1.29, 1.82) is 0 Å². The van der Waals surface area contributed by atoms with E-state index in [0.717, 1.165) is 19.3 Å². The van der Waals surface area contributed by atoms with E-state index in [4.69, 9.17) is 4.74 Å². The van der Waals surface area contributed by atoms with E-state index in [9.17, 15) is 9.50 Å². The van der Waals surface area contributed by atoms with Crippen LogP contribution in [-0.2, 0) is 0 Å². The van der Waals surface area contributed by atoms with Crippen molar-refractivity contribution < 1.29 is 14.2 Å². The summed E-state index contributed by atoms with van der Waals surface area (Å²) in [6, 6.07) is 4.80. The molecule has 82 valence electrons. The van der Waals surface area contributed by atoms with E-state index in [1.54, 1.807) is 19.1 Å². The second kappa shape index (κ2) is 4.19. The highest BCUT2D eigenvalue weighted by Crippen LogP contribution is 2.25. The number of aryl methyl sites for hydroxylation is 1. The number of benzene rings is 1. The lowest BCUT2D eigenvalue weighted by Crippen LogP contribution is -2.25. The summed E-state index contributed by atoms with van der Waals surface area (Å²) in [5.41, 5.74) is 0.606. The van der Waals surface area contributed by atoms with Crippen molar-refractivity contribution in [3.05, 3.63) is 29.6 Å². The molecule has 0 unspecified atom stereocenters. The first-order valence-electron chi connectivity index (χ1n) is 5.27. The Morgan fingerprint density at radius 3 is 2.80 bits per heavy atom. The van der Waals surface area contributed by atoms with Crippen molar-refractivity contribution in [3.8, 4) is 5.75 Å². The summed E-state index contributed by atoms with van der Waals surface area (Å²) in [6.07, 6.45) is 2.01. The van der Waals surface area contributed by atoms with Gasteiger partial charge in [0.25, 0.3) is 0 Å². The van der Waals surface area contributed by atoms with E-state index in [1.165, 1.54) is 6.07 Å². The van der Waals surface area contributed by atoms with Gasteiger partial charge < -0.3 is 9.84 Å². The molecular formula is C12H15FO2. The van der Waals surface area contributed by atoms with Crippen LogP contribution in [0.1, 0.15) is 24.8 Å². The monoisotopic (exact) mass is 210 g/mol. The van der Waals surface area contributed by atoms with Gasteiger partial charge in [0.2, 0.25) is 0 Å². The molecule has 0 spiro atoms. The molecule has 15 heavy (non-hydrogen) atoms. The number of halogens is 1. The molecule has 1 N–H and O–H groups in total. The van der Waals surface area contributed by atoms with E-state index in [-0.39, 0.29) is 11.9 Å². The summed E-state index contributed by atoms with van der Waals surface area (Å²) in [7, 11) is 0. The van der Waals surface area contributed by atoms with Crippen molar-refractivity contribution in [2.45, 2.75) is 38.4 Å². The number of aliphatic hydroxyl groups is 1. The molecule has 0 heterocycles. The number of ether oxygens (including phenoxy) is 1. The minimum absolute atomic E-state index is 0.174. The molecular weight excluding hydrogens is 195 g/mol. The molecule has 3 heteroatoms. The number of hydrogen-bond acceptors (Lipinski definition) is 2. The SMILES string of the molecule is Cc1ccc(O[C@@H]2CCC[C@H]2O)cc1F. The molecule has 2 rings (SSSR count). The lowest BCUT2D eigenvalue weighted by atomic mass is 10.2. The number of rotatable bonds is 2. The maximum Gasteiger partial charge on any atom is 0.129 e. The zero-order chi connectivity index (χ0) is 10.8. The Bertz CT molecular complexity index is 351. The van der Waals surface area contributed by atoms with Crippen molar-refractivity contribution in [2.24, 2.45) is 0 Å². The van der Waals surface area contributed by atoms with Crippen LogP contribution in [0.15, 0.2) is 18.2 Å². The number of hydrogen-bond donors (Lipinski definition) is 1. The third kappa shape index (κ3) is 2.29. The van der Waals surface area contributed by atoms with Crippen molar-refractivity contribution >= 4 is 0 Å². The van der Waals surface area contributed by atoms with Gasteiger partial charge in [-0.05, 0) is 37.8 Å². The molecule has 1 aromatic rings. The van der Waals surface area contributed by atoms with Gasteiger partial charge in [-0.2, -0.15) is 0 Å². The summed E-state index contributed by atoms with van der Waals surface area (Å²) in [5, 5.41) is 9.56. The number of aliphatic hydroxyl groups excluding tert-OH is 1. The van der Waals surface area contributed by atoms with Crippen LogP contribution >= 0.6 is 0 Å². The zero-order valence-corrected chi connectivity index (χ0v) is 8.74. The summed E-state index contributed by atoms with van der Waals surface area (Å²) in [4.78, 5) is 0. The average Bonchev–Trinajstić information content (AvgIpc) is 2.59. The minimum Gasteiger partial charge on any atom is -0.488 e. The Kier molecular flexibility index (Phi) is 2.91. The Morgan fingerprint density at radius 1 is 1.40 bits per heavy atom. The summed E-state index contributed by atoms with van der Waals surface area (Å²) >= 11 is 0. The molecule has 1 fully saturated rings. The third-order valence-electron chi connectivity index (χ3n) is 2.85. The second-order valence-corrected chi connectivity index (χ2v) is 4.07. The van der Waals surface area contributed by atoms with E-state index < -0.39 is 6.10 Å². The van der Waals surface area contributed by atoms with Gasteiger partial charge in [0.05, 0.1) is 6.10 Å². The standard InChI is InChI=1S/C12H15FO2/c1-8-5-6-9(7-10(8)13)15-12-4-2-3-11(12)14/h5-7,11-12,14H,2-4H2,1H3/t11-,12-/m1/s1. The molecule has 1 aliphatic rings. The molecule has 1 aromatic carbocycles. The van der Waals surface area contributed by atoms with Gasteiger partial charge in [-0.25, -0.2) is 4.39 Å². The summed E-state index contributed by atoms with van der Waals surface area (Å²) in [6.45, 7) is 1.71. The van der Waals surface area contributed by atoms with Crippen molar-refractivity contribution in [3.63, 3.8) is 0 Å². The van der Waals surface area contributed by atoms with Crippen LogP contribution in [-0.4, -0.2) is 17.3 Å². The van der Waals surface area contributed by atoms with E-state index in [0.29, 0.717) is 11.3 Å². The van der Waals surface area contributed by atoms with Crippen LogP contribution < -0.4 is 4.74 Å². The van der Waals surface area contributed by atoms with Crippen LogP contribution in [0.2, 0.25) is 0 Å². The topological polar surface area (TPSA) is 29.5 Å². The van der Waals surface area contributed by atoms with Crippen LogP contribution in [0.3, 0.4) is 0 Å². The maximum absolute atomic E-state index is 13.2. The molecule has 2 atom stereocenters. The largest absolute Gasteiger partial charge is 0.488 e. The smallest absolute Gasteiger partial charge is 0.129 e. The molecule has 0 amide bonds. The second-order valence-electron chi connectivity index (χ2n) is 4.07. The van der Waals surface area contributed by atoms with Gasteiger partial charge in [0, 0.05) is 6.07 Å². The Morgan fingerprint density at radius 2 is 2.20 bits per heavy atom. The highest BCUT2D eigenvalue weighted by atomic mass is 19.1. The molecule has 0 bridgehead atoms. The van der Waals surface area contributed by atoms with E-state index in [1.807, 2.05) is 0 Å². The summed E-state index contributed by atoms with van der Waals surface area (Å²) in [5.74, 6) is 0.240. The Labute approximate surface area is 88.7 Å². The Balaban J connectivity index is 2.07. The van der Waals surface area contributed by atoms with Crippen molar-refractivity contribution in [1.82, 2.24) is 0 Å². The van der Waals surface area contributed by atoms with E-state index >= 15 is 0 Å². The highest BCUT2D eigenvalue weighted by molar-refractivity contribution is 5.28. The molecule has 1 aliphatic carbocycles. The molecule has 2 nitrogen and oxygen atoms in total. The average molecular weight is 210 g/mol. The fraction of sp³-hybridized carbons (Fsp3) is 0.500. The van der Waals surface area contributed by atoms with Gasteiger partial charge in [-0.3, -0.25) is 0 Å². The minimum atomic E-state index is -0.408. The van der Waals surface area contributed by atoms with Gasteiger partial charge in [0.1, 0.15) is 17.7 Å². The molecule has 1 saturated carbocycles. The predicted octanol–water partition coefficient (Wildman–Crippen LogP) is 2.43. The first-order chi connectivity index (χ1) is 7.16. The predicted molar refractivity (Wildman–Crippen MR) is 55.4 cm³/mol.